The highest BCUT2D eigenvalue weighted by Gasteiger charge is 2.11. The minimum Gasteiger partial charge on any atom is -0.398 e. The Kier molecular flexibility index (Phi) is 4.50. The first kappa shape index (κ1) is 15.3. The molecule has 21 heavy (non-hydrogen) atoms. The van der Waals surface area contributed by atoms with Gasteiger partial charge in [0.1, 0.15) is 0 Å². The molecule has 5 nitrogen and oxygen atoms in total. The van der Waals surface area contributed by atoms with Gasteiger partial charge in [-0.2, -0.15) is 0 Å². The molecule has 0 radical (unpaired) electrons. The Morgan fingerprint density at radius 1 is 1.14 bits per heavy atom. The van der Waals surface area contributed by atoms with Crippen molar-refractivity contribution in [2.75, 3.05) is 11.1 Å². The van der Waals surface area contributed by atoms with Gasteiger partial charge in [-0.1, -0.05) is 11.6 Å². The zero-order chi connectivity index (χ0) is 15.6. The fourth-order valence-corrected chi connectivity index (χ4v) is 2.32. The SMILES string of the molecule is NC(=O)c1ccc(NC(=O)c2ccc(N)c(Br)c2)cc1Cl. The lowest BCUT2D eigenvalue weighted by Gasteiger charge is -2.08. The average molecular weight is 369 g/mol. The molecule has 0 aromatic heterocycles. The predicted molar refractivity (Wildman–Crippen MR) is 86.5 cm³/mol. The van der Waals surface area contributed by atoms with Crippen molar-refractivity contribution < 1.29 is 9.59 Å². The van der Waals surface area contributed by atoms with Crippen molar-refractivity contribution in [2.45, 2.75) is 0 Å². The van der Waals surface area contributed by atoms with Crippen LogP contribution < -0.4 is 16.8 Å². The van der Waals surface area contributed by atoms with Gasteiger partial charge in [-0.25, -0.2) is 0 Å². The lowest BCUT2D eigenvalue weighted by Crippen LogP contribution is -2.14. The smallest absolute Gasteiger partial charge is 0.255 e. The number of anilines is 2. The highest BCUT2D eigenvalue weighted by molar-refractivity contribution is 9.10. The third-order valence-corrected chi connectivity index (χ3v) is 3.75. The van der Waals surface area contributed by atoms with E-state index in [4.69, 9.17) is 23.1 Å². The molecule has 0 atom stereocenters. The van der Waals surface area contributed by atoms with Crippen LogP contribution in [0.3, 0.4) is 0 Å². The second-order valence-electron chi connectivity index (χ2n) is 4.25. The summed E-state index contributed by atoms with van der Waals surface area (Å²) >= 11 is 9.18. The van der Waals surface area contributed by atoms with Crippen LogP contribution in [0.15, 0.2) is 40.9 Å². The number of nitrogens with two attached hydrogens (primary N) is 2. The van der Waals surface area contributed by atoms with Gasteiger partial charge < -0.3 is 16.8 Å². The normalized spacial score (nSPS) is 10.2. The average Bonchev–Trinajstić information content (AvgIpc) is 2.41. The van der Waals surface area contributed by atoms with Crippen LogP contribution in [0.2, 0.25) is 5.02 Å². The maximum atomic E-state index is 12.1. The second kappa shape index (κ2) is 6.15. The predicted octanol–water partition coefficient (Wildman–Crippen LogP) is 3.04. The van der Waals surface area contributed by atoms with Crippen LogP contribution in [0.5, 0.6) is 0 Å². The number of hydrogen-bond acceptors (Lipinski definition) is 3. The number of carbonyl (C=O) groups is 2. The minimum absolute atomic E-state index is 0.179. The Labute approximate surface area is 134 Å². The Morgan fingerprint density at radius 3 is 2.43 bits per heavy atom. The summed E-state index contributed by atoms with van der Waals surface area (Å²) in [6, 6.07) is 9.32. The Morgan fingerprint density at radius 2 is 1.86 bits per heavy atom. The van der Waals surface area contributed by atoms with E-state index in [-0.39, 0.29) is 16.5 Å². The summed E-state index contributed by atoms with van der Waals surface area (Å²) in [5.41, 5.74) is 12.5. The number of nitrogens with one attached hydrogen (secondary N) is 1. The summed E-state index contributed by atoms with van der Waals surface area (Å²) in [5.74, 6) is -0.945. The monoisotopic (exact) mass is 367 g/mol. The molecule has 0 heterocycles. The van der Waals surface area contributed by atoms with Crippen molar-refractivity contribution in [1.29, 1.82) is 0 Å². The molecule has 0 saturated carbocycles. The number of carbonyl (C=O) groups excluding carboxylic acids is 2. The zero-order valence-electron chi connectivity index (χ0n) is 10.7. The Hall–Kier alpha value is -2.05. The van der Waals surface area contributed by atoms with Gasteiger partial charge in [0.25, 0.3) is 5.91 Å². The first-order chi connectivity index (χ1) is 9.88. The number of benzene rings is 2. The van der Waals surface area contributed by atoms with Crippen LogP contribution >= 0.6 is 27.5 Å². The highest BCUT2D eigenvalue weighted by Crippen LogP contribution is 2.23. The van der Waals surface area contributed by atoms with Gasteiger partial charge in [0.05, 0.1) is 10.6 Å². The van der Waals surface area contributed by atoms with Gasteiger partial charge >= 0.3 is 0 Å². The zero-order valence-corrected chi connectivity index (χ0v) is 13.0. The Balaban J connectivity index is 2.21. The first-order valence-electron chi connectivity index (χ1n) is 5.84. The summed E-state index contributed by atoms with van der Waals surface area (Å²) in [6.07, 6.45) is 0. The summed E-state index contributed by atoms with van der Waals surface area (Å²) in [6.45, 7) is 0. The van der Waals surface area contributed by atoms with Gasteiger partial charge in [-0.05, 0) is 52.3 Å². The largest absolute Gasteiger partial charge is 0.398 e. The molecule has 0 aliphatic carbocycles. The van der Waals surface area contributed by atoms with E-state index in [0.717, 1.165) is 0 Å². The molecular formula is C14H11BrClN3O2. The quantitative estimate of drug-likeness (QED) is 0.726. The van der Waals surface area contributed by atoms with Gasteiger partial charge in [-0.3, -0.25) is 9.59 Å². The molecule has 0 aliphatic heterocycles. The van der Waals surface area contributed by atoms with Crippen molar-refractivity contribution in [2.24, 2.45) is 5.73 Å². The summed E-state index contributed by atoms with van der Waals surface area (Å²) < 4.78 is 0.636. The molecule has 0 saturated heterocycles. The minimum atomic E-state index is -0.625. The number of nitrogen functional groups attached to an aromatic ring is 1. The molecule has 2 aromatic carbocycles. The van der Waals surface area contributed by atoms with Crippen molar-refractivity contribution in [1.82, 2.24) is 0 Å². The molecule has 7 heteroatoms. The van der Waals surface area contributed by atoms with Crippen LogP contribution in [-0.4, -0.2) is 11.8 Å². The Bertz CT molecular complexity index is 734. The van der Waals surface area contributed by atoms with Gasteiger partial charge in [-0.15, -0.1) is 0 Å². The molecule has 0 fully saturated rings. The summed E-state index contributed by atoms with van der Waals surface area (Å²) in [4.78, 5) is 23.2. The number of primary amides is 1. The molecule has 2 rings (SSSR count). The fraction of sp³-hybridized carbons (Fsp3) is 0. The third kappa shape index (κ3) is 3.53. The standard InChI is InChI=1S/C14H11BrClN3O2/c15-10-5-7(1-4-12(10)17)14(21)19-8-2-3-9(13(18)20)11(16)6-8/h1-6H,17H2,(H2,18,20)(H,19,21). The van der Waals surface area contributed by atoms with Crippen molar-refractivity contribution in [3.63, 3.8) is 0 Å². The molecule has 0 bridgehead atoms. The van der Waals surface area contributed by atoms with Crippen LogP contribution in [0, 0.1) is 0 Å². The lowest BCUT2D eigenvalue weighted by molar-refractivity contribution is 0.0998. The van der Waals surface area contributed by atoms with E-state index in [1.807, 2.05) is 0 Å². The maximum absolute atomic E-state index is 12.1. The van der Waals surface area contributed by atoms with Crippen LogP contribution in [0.25, 0.3) is 0 Å². The van der Waals surface area contributed by atoms with Crippen molar-refractivity contribution in [3.8, 4) is 0 Å². The molecule has 0 unspecified atom stereocenters. The van der Waals surface area contributed by atoms with Gasteiger partial charge in [0.15, 0.2) is 0 Å². The van der Waals surface area contributed by atoms with Crippen molar-refractivity contribution in [3.05, 3.63) is 57.0 Å². The second-order valence-corrected chi connectivity index (χ2v) is 5.51. The number of rotatable bonds is 3. The van der Waals surface area contributed by atoms with E-state index in [9.17, 15) is 9.59 Å². The number of amides is 2. The van der Waals surface area contributed by atoms with E-state index in [2.05, 4.69) is 21.2 Å². The van der Waals surface area contributed by atoms with E-state index in [0.29, 0.717) is 21.4 Å². The van der Waals surface area contributed by atoms with Crippen LogP contribution in [-0.2, 0) is 0 Å². The van der Waals surface area contributed by atoms with E-state index in [1.54, 1.807) is 24.3 Å². The highest BCUT2D eigenvalue weighted by atomic mass is 79.9. The van der Waals surface area contributed by atoms with Crippen LogP contribution in [0.4, 0.5) is 11.4 Å². The third-order valence-electron chi connectivity index (χ3n) is 2.76. The van der Waals surface area contributed by atoms with Crippen LogP contribution in [0.1, 0.15) is 20.7 Å². The first-order valence-corrected chi connectivity index (χ1v) is 7.01. The molecule has 2 aromatic rings. The lowest BCUT2D eigenvalue weighted by atomic mass is 10.1. The van der Waals surface area contributed by atoms with Crippen molar-refractivity contribution >= 4 is 50.7 Å². The van der Waals surface area contributed by atoms with Gasteiger partial charge in [0, 0.05) is 21.4 Å². The van der Waals surface area contributed by atoms with E-state index in [1.165, 1.54) is 12.1 Å². The molecular weight excluding hydrogens is 358 g/mol. The fourth-order valence-electron chi connectivity index (χ4n) is 1.66. The number of halogens is 2. The van der Waals surface area contributed by atoms with E-state index < -0.39 is 5.91 Å². The number of hydrogen-bond donors (Lipinski definition) is 3. The topological polar surface area (TPSA) is 98.2 Å². The molecule has 2 amide bonds. The van der Waals surface area contributed by atoms with Gasteiger partial charge in [0.2, 0.25) is 5.91 Å². The molecule has 108 valence electrons. The summed E-state index contributed by atoms with van der Waals surface area (Å²) in [5, 5.41) is 2.85. The molecule has 0 spiro atoms. The molecule has 0 aliphatic rings. The maximum Gasteiger partial charge on any atom is 0.255 e. The summed E-state index contributed by atoms with van der Waals surface area (Å²) in [7, 11) is 0. The van der Waals surface area contributed by atoms with E-state index >= 15 is 0 Å². The molecule has 5 N–H and O–H groups in total.